The summed E-state index contributed by atoms with van der Waals surface area (Å²) in [6.07, 6.45) is 3.60. The maximum atomic E-state index is 12.4. The standard InChI is InChI=1S/C27H25ClN6O3/c28-21-14-17(2-5-24(21)37-13-10-34-7-1-6-30-34)22-16-20(27(29)35)26-25(31-22)19-4-3-18(15-23(19)32-26)33-8-11-36-12-9-33/h1-7,14-16,32H,8-13H2,(H2,29,35). The predicted molar refractivity (Wildman–Crippen MR) is 143 cm³/mol. The molecule has 1 amide bonds. The molecule has 10 heteroatoms. The fourth-order valence-corrected chi connectivity index (χ4v) is 4.90. The predicted octanol–water partition coefficient (Wildman–Crippen LogP) is 4.25. The van der Waals surface area contributed by atoms with E-state index in [2.05, 4.69) is 27.1 Å². The first kappa shape index (κ1) is 23.3. The molecule has 2 aromatic carbocycles. The minimum absolute atomic E-state index is 0.375. The molecule has 3 aromatic heterocycles. The zero-order chi connectivity index (χ0) is 25.4. The lowest BCUT2D eigenvalue weighted by atomic mass is 10.1. The summed E-state index contributed by atoms with van der Waals surface area (Å²) in [5.74, 6) is 0.0368. The number of aromatic nitrogens is 4. The van der Waals surface area contributed by atoms with E-state index in [-0.39, 0.29) is 0 Å². The Morgan fingerprint density at radius 1 is 1.16 bits per heavy atom. The van der Waals surface area contributed by atoms with Crippen LogP contribution in [-0.4, -0.2) is 58.6 Å². The summed E-state index contributed by atoms with van der Waals surface area (Å²) < 4.78 is 13.1. The molecule has 4 heterocycles. The molecule has 5 aromatic rings. The van der Waals surface area contributed by atoms with E-state index in [0.717, 1.165) is 35.2 Å². The van der Waals surface area contributed by atoms with Gasteiger partial charge >= 0.3 is 0 Å². The van der Waals surface area contributed by atoms with Crippen molar-refractivity contribution in [3.05, 3.63) is 71.5 Å². The van der Waals surface area contributed by atoms with Crippen LogP contribution >= 0.6 is 11.6 Å². The number of H-pyrrole nitrogens is 1. The number of carbonyl (C=O) groups is 1. The number of amides is 1. The van der Waals surface area contributed by atoms with Crippen molar-refractivity contribution < 1.29 is 14.3 Å². The highest BCUT2D eigenvalue weighted by Crippen LogP contribution is 2.34. The van der Waals surface area contributed by atoms with Crippen molar-refractivity contribution in [1.82, 2.24) is 19.7 Å². The highest BCUT2D eigenvalue weighted by molar-refractivity contribution is 6.32. The summed E-state index contributed by atoms with van der Waals surface area (Å²) in [6.45, 7) is 4.13. The monoisotopic (exact) mass is 516 g/mol. The number of nitrogens with zero attached hydrogens (tertiary/aromatic N) is 4. The van der Waals surface area contributed by atoms with Crippen molar-refractivity contribution in [3.8, 4) is 17.0 Å². The molecule has 0 bridgehead atoms. The fraction of sp³-hybridized carbons (Fsp3) is 0.222. The molecule has 0 radical (unpaired) electrons. The number of ether oxygens (including phenoxy) is 2. The van der Waals surface area contributed by atoms with Crippen LogP contribution in [0.3, 0.4) is 0 Å². The average Bonchev–Trinajstić information content (AvgIpc) is 3.57. The van der Waals surface area contributed by atoms with Crippen LogP contribution in [-0.2, 0) is 11.3 Å². The number of primary amides is 1. The van der Waals surface area contributed by atoms with Gasteiger partial charge in [0.05, 0.1) is 52.6 Å². The lowest BCUT2D eigenvalue weighted by Crippen LogP contribution is -2.36. The van der Waals surface area contributed by atoms with Gasteiger partial charge in [0.2, 0.25) is 0 Å². The van der Waals surface area contributed by atoms with Crippen LogP contribution in [0.1, 0.15) is 10.4 Å². The number of benzene rings is 2. The number of anilines is 1. The van der Waals surface area contributed by atoms with Crippen LogP contribution in [0, 0.1) is 0 Å². The largest absolute Gasteiger partial charge is 0.490 e. The zero-order valence-electron chi connectivity index (χ0n) is 20.0. The molecule has 1 saturated heterocycles. The third kappa shape index (κ3) is 4.59. The van der Waals surface area contributed by atoms with Crippen molar-refractivity contribution in [2.75, 3.05) is 37.8 Å². The molecule has 0 unspecified atom stereocenters. The van der Waals surface area contributed by atoms with Crippen LogP contribution in [0.15, 0.2) is 60.9 Å². The molecule has 0 spiro atoms. The number of nitrogens with two attached hydrogens (primary N) is 1. The van der Waals surface area contributed by atoms with Crippen LogP contribution in [0.25, 0.3) is 33.2 Å². The van der Waals surface area contributed by atoms with E-state index in [4.69, 9.17) is 31.8 Å². The second-order valence-corrected chi connectivity index (χ2v) is 9.27. The summed E-state index contributed by atoms with van der Waals surface area (Å²) in [5.41, 5.74) is 10.8. The Balaban J connectivity index is 1.34. The van der Waals surface area contributed by atoms with Gasteiger partial charge < -0.3 is 25.1 Å². The molecule has 1 aliphatic rings. The lowest BCUT2D eigenvalue weighted by molar-refractivity contribution is 0.100. The molecule has 0 aliphatic carbocycles. The molecule has 0 atom stereocenters. The molecular formula is C27H25ClN6O3. The number of morpholine rings is 1. The van der Waals surface area contributed by atoms with Crippen molar-refractivity contribution in [2.45, 2.75) is 6.54 Å². The van der Waals surface area contributed by atoms with Gasteiger partial charge in [-0.05, 0) is 48.5 Å². The Morgan fingerprint density at radius 3 is 2.78 bits per heavy atom. The van der Waals surface area contributed by atoms with Gasteiger partial charge in [-0.25, -0.2) is 4.98 Å². The normalized spacial score (nSPS) is 13.9. The Morgan fingerprint density at radius 2 is 2.03 bits per heavy atom. The molecule has 1 aliphatic heterocycles. The van der Waals surface area contributed by atoms with Crippen molar-refractivity contribution in [3.63, 3.8) is 0 Å². The highest BCUT2D eigenvalue weighted by atomic mass is 35.5. The van der Waals surface area contributed by atoms with Crippen molar-refractivity contribution >= 4 is 45.1 Å². The topological polar surface area (TPSA) is 111 Å². The minimum Gasteiger partial charge on any atom is -0.490 e. The van der Waals surface area contributed by atoms with E-state index in [1.807, 2.05) is 24.4 Å². The summed E-state index contributed by atoms with van der Waals surface area (Å²) in [7, 11) is 0. The maximum absolute atomic E-state index is 12.4. The van der Waals surface area contributed by atoms with E-state index in [1.54, 1.807) is 29.1 Å². The van der Waals surface area contributed by atoms with Gasteiger partial charge in [-0.3, -0.25) is 9.48 Å². The van der Waals surface area contributed by atoms with Gasteiger partial charge in [0.1, 0.15) is 12.4 Å². The van der Waals surface area contributed by atoms with Gasteiger partial charge in [0.25, 0.3) is 5.91 Å². The highest BCUT2D eigenvalue weighted by Gasteiger charge is 2.18. The van der Waals surface area contributed by atoms with E-state index >= 15 is 0 Å². The first-order valence-corrected chi connectivity index (χ1v) is 12.4. The third-order valence-electron chi connectivity index (χ3n) is 6.54. The number of hydrogen-bond donors (Lipinski definition) is 2. The summed E-state index contributed by atoms with van der Waals surface area (Å²) in [5, 5.41) is 5.54. The van der Waals surface area contributed by atoms with E-state index in [9.17, 15) is 4.79 Å². The first-order chi connectivity index (χ1) is 18.1. The fourth-order valence-electron chi connectivity index (χ4n) is 4.66. The van der Waals surface area contributed by atoms with Gasteiger partial charge in [0.15, 0.2) is 0 Å². The number of halogens is 1. The van der Waals surface area contributed by atoms with E-state index < -0.39 is 5.91 Å². The van der Waals surface area contributed by atoms with Crippen LogP contribution in [0.4, 0.5) is 5.69 Å². The zero-order valence-corrected chi connectivity index (χ0v) is 20.7. The van der Waals surface area contributed by atoms with E-state index in [0.29, 0.717) is 59.4 Å². The van der Waals surface area contributed by atoms with Crippen LogP contribution < -0.4 is 15.4 Å². The number of hydrogen-bond acceptors (Lipinski definition) is 6. The van der Waals surface area contributed by atoms with Gasteiger partial charge in [-0.2, -0.15) is 5.10 Å². The van der Waals surface area contributed by atoms with E-state index in [1.165, 1.54) is 0 Å². The second kappa shape index (κ2) is 9.76. The molecule has 3 N–H and O–H groups in total. The molecular weight excluding hydrogens is 492 g/mol. The number of carbonyl (C=O) groups excluding carboxylic acids is 1. The lowest BCUT2D eigenvalue weighted by Gasteiger charge is -2.28. The van der Waals surface area contributed by atoms with Crippen LogP contribution in [0.5, 0.6) is 5.75 Å². The Bertz CT molecular complexity index is 1590. The summed E-state index contributed by atoms with van der Waals surface area (Å²) in [6, 6.07) is 15.2. The number of rotatable bonds is 7. The molecule has 1 fully saturated rings. The first-order valence-electron chi connectivity index (χ1n) is 12.1. The number of pyridine rings is 1. The molecule has 188 valence electrons. The van der Waals surface area contributed by atoms with Gasteiger partial charge in [-0.15, -0.1) is 0 Å². The molecule has 6 rings (SSSR count). The van der Waals surface area contributed by atoms with Crippen LogP contribution in [0.2, 0.25) is 5.02 Å². The summed E-state index contributed by atoms with van der Waals surface area (Å²) in [4.78, 5) is 23.0. The van der Waals surface area contributed by atoms with Crippen molar-refractivity contribution in [1.29, 1.82) is 0 Å². The second-order valence-electron chi connectivity index (χ2n) is 8.86. The smallest absolute Gasteiger partial charge is 0.250 e. The Labute approximate surface area is 217 Å². The third-order valence-corrected chi connectivity index (χ3v) is 6.84. The summed E-state index contributed by atoms with van der Waals surface area (Å²) >= 11 is 6.54. The molecule has 0 saturated carbocycles. The number of fused-ring (bicyclic) bond motifs is 3. The van der Waals surface area contributed by atoms with Gasteiger partial charge in [-0.1, -0.05) is 11.6 Å². The SMILES string of the molecule is NC(=O)c1cc(-c2ccc(OCCn3cccn3)c(Cl)c2)nc2c1[nH]c1cc(N3CCOCC3)ccc12. The van der Waals surface area contributed by atoms with Crippen molar-refractivity contribution in [2.24, 2.45) is 5.73 Å². The minimum atomic E-state index is -0.529. The quantitative estimate of drug-likeness (QED) is 0.334. The number of aromatic amines is 1. The number of nitrogens with one attached hydrogen (secondary N) is 1. The maximum Gasteiger partial charge on any atom is 0.250 e. The molecule has 37 heavy (non-hydrogen) atoms. The average molecular weight is 517 g/mol. The Kier molecular flexibility index (Phi) is 6.15. The Hall–Kier alpha value is -4.08. The van der Waals surface area contributed by atoms with Gasteiger partial charge in [0, 0.05) is 42.1 Å². The molecule has 9 nitrogen and oxygen atoms in total.